The zero-order chi connectivity index (χ0) is 17.4. The third-order valence-electron chi connectivity index (χ3n) is 3.97. The van der Waals surface area contributed by atoms with E-state index in [1.807, 2.05) is 24.3 Å². The zero-order valence-electron chi connectivity index (χ0n) is 13.2. The van der Waals surface area contributed by atoms with Gasteiger partial charge in [-0.1, -0.05) is 38.1 Å². The number of benzene rings is 2. The van der Waals surface area contributed by atoms with Crippen LogP contribution in [0.25, 0.3) is 22.1 Å². The zero-order valence-corrected chi connectivity index (χ0v) is 13.2. The summed E-state index contributed by atoms with van der Waals surface area (Å²) in [6.07, 6.45) is 0. The molecule has 0 aliphatic rings. The van der Waals surface area contributed by atoms with Crippen LogP contribution in [-0.4, -0.2) is 16.2 Å². The Hall–Kier alpha value is -3.08. The van der Waals surface area contributed by atoms with Crippen molar-refractivity contribution in [2.75, 3.05) is 0 Å². The Morgan fingerprint density at radius 3 is 2.33 bits per heavy atom. The molecule has 0 amide bonds. The summed E-state index contributed by atoms with van der Waals surface area (Å²) in [5.74, 6) is -0.982. The Labute approximate surface area is 137 Å². The van der Waals surface area contributed by atoms with Crippen LogP contribution in [0.5, 0.6) is 5.75 Å². The molecule has 0 fully saturated rings. The Bertz CT molecular complexity index is 981. The van der Waals surface area contributed by atoms with Crippen molar-refractivity contribution in [2.45, 2.75) is 19.8 Å². The smallest absolute Gasteiger partial charge is 0.351 e. The van der Waals surface area contributed by atoms with Crippen LogP contribution in [0.2, 0.25) is 0 Å². The average Bonchev–Trinajstić information content (AvgIpc) is 2.53. The van der Waals surface area contributed by atoms with Crippen molar-refractivity contribution >= 4 is 16.9 Å². The first-order valence-corrected chi connectivity index (χ1v) is 7.51. The van der Waals surface area contributed by atoms with E-state index in [4.69, 9.17) is 9.52 Å². The number of carbonyl (C=O) groups is 1. The van der Waals surface area contributed by atoms with E-state index in [0.717, 1.165) is 5.56 Å². The van der Waals surface area contributed by atoms with Gasteiger partial charge in [-0.25, -0.2) is 9.59 Å². The quantitative estimate of drug-likeness (QED) is 0.711. The van der Waals surface area contributed by atoms with Crippen molar-refractivity contribution in [1.82, 2.24) is 0 Å². The Morgan fingerprint density at radius 2 is 1.75 bits per heavy atom. The topological polar surface area (TPSA) is 87.7 Å². The lowest BCUT2D eigenvalue weighted by molar-refractivity contribution is 0.0692. The first kappa shape index (κ1) is 15.8. The van der Waals surface area contributed by atoms with Crippen LogP contribution in [-0.2, 0) is 0 Å². The van der Waals surface area contributed by atoms with Crippen molar-refractivity contribution in [3.05, 3.63) is 64.0 Å². The van der Waals surface area contributed by atoms with Crippen LogP contribution in [0.4, 0.5) is 0 Å². The molecule has 0 saturated carbocycles. The summed E-state index contributed by atoms with van der Waals surface area (Å²) in [6, 6.07) is 12.0. The van der Waals surface area contributed by atoms with Gasteiger partial charge in [-0.3, -0.25) is 0 Å². The fourth-order valence-electron chi connectivity index (χ4n) is 2.58. The molecule has 24 heavy (non-hydrogen) atoms. The van der Waals surface area contributed by atoms with E-state index in [-0.39, 0.29) is 11.3 Å². The SMILES string of the molecule is CC(C)c1ccc(-c2cc3cc(C(=O)O)c(=O)oc3cc2O)cc1. The minimum atomic E-state index is -1.35. The second-order valence-corrected chi connectivity index (χ2v) is 5.94. The second-order valence-electron chi connectivity index (χ2n) is 5.94. The first-order chi connectivity index (χ1) is 11.4. The number of hydrogen-bond acceptors (Lipinski definition) is 4. The standard InChI is InChI=1S/C19H16O5/c1-10(2)11-3-5-12(6-4-11)14-7-13-8-15(18(21)22)19(23)24-17(13)9-16(14)20/h3-10,20H,1-2H3,(H,21,22). The predicted molar refractivity (Wildman–Crippen MR) is 90.6 cm³/mol. The Balaban J connectivity index is 2.17. The number of phenols is 1. The third-order valence-corrected chi connectivity index (χ3v) is 3.97. The van der Waals surface area contributed by atoms with Crippen molar-refractivity contribution in [3.63, 3.8) is 0 Å². The van der Waals surface area contributed by atoms with E-state index in [0.29, 0.717) is 16.9 Å². The molecule has 3 aromatic rings. The van der Waals surface area contributed by atoms with Crippen LogP contribution in [0.15, 0.2) is 51.7 Å². The lowest BCUT2D eigenvalue weighted by atomic mass is 9.97. The van der Waals surface area contributed by atoms with Gasteiger partial charge in [-0.2, -0.15) is 0 Å². The van der Waals surface area contributed by atoms with E-state index in [1.165, 1.54) is 17.7 Å². The van der Waals surface area contributed by atoms with Gasteiger partial charge < -0.3 is 14.6 Å². The van der Waals surface area contributed by atoms with Gasteiger partial charge in [0.2, 0.25) is 0 Å². The number of aromatic carboxylic acids is 1. The highest BCUT2D eigenvalue weighted by Gasteiger charge is 2.15. The van der Waals surface area contributed by atoms with Crippen LogP contribution in [0.3, 0.4) is 0 Å². The van der Waals surface area contributed by atoms with Crippen LogP contribution >= 0.6 is 0 Å². The van der Waals surface area contributed by atoms with E-state index in [1.54, 1.807) is 6.07 Å². The molecule has 0 atom stereocenters. The molecular weight excluding hydrogens is 308 g/mol. The summed E-state index contributed by atoms with van der Waals surface area (Å²) < 4.78 is 4.98. The van der Waals surface area contributed by atoms with Crippen molar-refractivity contribution in [2.24, 2.45) is 0 Å². The highest BCUT2D eigenvalue weighted by molar-refractivity contribution is 5.93. The van der Waals surface area contributed by atoms with Gasteiger partial charge in [0.15, 0.2) is 0 Å². The summed E-state index contributed by atoms with van der Waals surface area (Å²) in [6.45, 7) is 4.19. The number of fused-ring (bicyclic) bond motifs is 1. The summed E-state index contributed by atoms with van der Waals surface area (Å²) in [5, 5.41) is 19.7. The Kier molecular flexibility index (Phi) is 3.85. The molecule has 0 aliphatic heterocycles. The summed E-state index contributed by atoms with van der Waals surface area (Å²) in [7, 11) is 0. The molecule has 0 aliphatic carbocycles. The van der Waals surface area contributed by atoms with E-state index in [9.17, 15) is 14.7 Å². The van der Waals surface area contributed by atoms with Gasteiger partial charge in [-0.05, 0) is 29.2 Å². The van der Waals surface area contributed by atoms with Gasteiger partial charge in [0.1, 0.15) is 16.9 Å². The maximum absolute atomic E-state index is 11.6. The maximum Gasteiger partial charge on any atom is 0.351 e. The normalized spacial score (nSPS) is 11.1. The molecule has 0 radical (unpaired) electrons. The molecule has 2 aromatic carbocycles. The highest BCUT2D eigenvalue weighted by atomic mass is 16.4. The third kappa shape index (κ3) is 2.76. The molecule has 3 rings (SSSR count). The Morgan fingerprint density at radius 1 is 1.08 bits per heavy atom. The van der Waals surface area contributed by atoms with Crippen molar-refractivity contribution < 1.29 is 19.4 Å². The van der Waals surface area contributed by atoms with Gasteiger partial charge >= 0.3 is 11.6 Å². The van der Waals surface area contributed by atoms with Crippen LogP contribution in [0.1, 0.15) is 35.7 Å². The summed E-state index contributed by atoms with van der Waals surface area (Å²) in [5.41, 5.74) is 1.28. The fraction of sp³-hybridized carbons (Fsp3) is 0.158. The summed E-state index contributed by atoms with van der Waals surface area (Å²) >= 11 is 0. The molecule has 1 heterocycles. The first-order valence-electron chi connectivity index (χ1n) is 7.51. The van der Waals surface area contributed by atoms with Gasteiger partial charge in [0.05, 0.1) is 0 Å². The maximum atomic E-state index is 11.6. The average molecular weight is 324 g/mol. The molecule has 0 spiro atoms. The van der Waals surface area contributed by atoms with Crippen molar-refractivity contribution in [1.29, 1.82) is 0 Å². The molecular formula is C19H16O5. The fourth-order valence-corrected chi connectivity index (χ4v) is 2.58. The molecule has 5 heteroatoms. The number of phenolic OH excluding ortho intramolecular Hbond substituents is 1. The molecule has 5 nitrogen and oxygen atoms in total. The minimum absolute atomic E-state index is 0.0361. The van der Waals surface area contributed by atoms with Gasteiger partial charge in [0, 0.05) is 17.0 Å². The molecule has 0 unspecified atom stereocenters. The van der Waals surface area contributed by atoms with Crippen LogP contribution < -0.4 is 5.63 Å². The molecule has 1 aromatic heterocycles. The second kappa shape index (κ2) is 5.85. The molecule has 122 valence electrons. The lowest BCUT2D eigenvalue weighted by Crippen LogP contribution is -2.12. The van der Waals surface area contributed by atoms with E-state index >= 15 is 0 Å². The van der Waals surface area contributed by atoms with Crippen LogP contribution in [0, 0.1) is 0 Å². The lowest BCUT2D eigenvalue weighted by Gasteiger charge is -2.09. The van der Waals surface area contributed by atoms with Gasteiger partial charge in [0.25, 0.3) is 0 Å². The molecule has 0 bridgehead atoms. The number of carboxylic acids is 1. The van der Waals surface area contributed by atoms with E-state index < -0.39 is 17.2 Å². The van der Waals surface area contributed by atoms with E-state index in [2.05, 4.69) is 13.8 Å². The van der Waals surface area contributed by atoms with Gasteiger partial charge in [-0.15, -0.1) is 0 Å². The highest BCUT2D eigenvalue weighted by Crippen LogP contribution is 2.34. The summed E-state index contributed by atoms with van der Waals surface area (Å²) in [4.78, 5) is 22.7. The molecule has 2 N–H and O–H groups in total. The number of rotatable bonds is 3. The predicted octanol–water partition coefficient (Wildman–Crippen LogP) is 3.99. The number of carboxylic acid groups (broad SMARTS) is 1. The van der Waals surface area contributed by atoms with Crippen molar-refractivity contribution in [3.8, 4) is 16.9 Å². The number of aromatic hydroxyl groups is 1. The minimum Gasteiger partial charge on any atom is -0.507 e. The largest absolute Gasteiger partial charge is 0.507 e. The monoisotopic (exact) mass is 324 g/mol. The molecule has 0 saturated heterocycles. The number of hydrogen-bond donors (Lipinski definition) is 2.